The lowest BCUT2D eigenvalue weighted by Crippen LogP contribution is -2.24. The van der Waals surface area contributed by atoms with Crippen molar-refractivity contribution in [1.29, 1.82) is 0 Å². The molecule has 4 aromatic rings. The summed E-state index contributed by atoms with van der Waals surface area (Å²) in [4.78, 5) is 21.1. The van der Waals surface area contributed by atoms with Gasteiger partial charge >= 0.3 is 0 Å². The molecule has 0 saturated heterocycles. The summed E-state index contributed by atoms with van der Waals surface area (Å²) in [6, 6.07) is 16.5. The second-order valence-electron chi connectivity index (χ2n) is 7.21. The van der Waals surface area contributed by atoms with Crippen LogP contribution in [0.4, 0.5) is 11.8 Å². The van der Waals surface area contributed by atoms with Gasteiger partial charge in [0.05, 0.1) is 16.6 Å². The largest absolute Gasteiger partial charge is 0.368 e. The van der Waals surface area contributed by atoms with E-state index in [1.54, 1.807) is 16.7 Å². The molecule has 10 heteroatoms. The molecule has 2 aromatic carbocycles. The lowest BCUT2D eigenvalue weighted by atomic mass is 10.1. The van der Waals surface area contributed by atoms with Crippen molar-refractivity contribution in [3.05, 3.63) is 81.9 Å². The smallest absolute Gasteiger partial charge is 0.264 e. The number of hydrogen-bond donors (Lipinski definition) is 2. The highest BCUT2D eigenvalue weighted by Gasteiger charge is 2.17. The minimum absolute atomic E-state index is 0.0403. The lowest BCUT2D eigenvalue weighted by molar-refractivity contribution is 0.601. The summed E-state index contributed by atoms with van der Waals surface area (Å²) in [5.74, 6) is 0.0823. The van der Waals surface area contributed by atoms with Gasteiger partial charge < -0.3 is 11.1 Å². The standard InChI is InChI=1S/C22H20ClN5O3S/c1-32(30,31)18-13-26-22(24)27-20(18)25-11-10-16-12-14-6-5-9-17(23)19(14)21(29)28(16)15-7-3-2-4-8-15/h2-9,12-13H,10-11H2,1H3,(H3,24,25,26,27). The first-order chi connectivity index (χ1) is 15.3. The predicted molar refractivity (Wildman–Crippen MR) is 126 cm³/mol. The number of para-hydroxylation sites is 1. The summed E-state index contributed by atoms with van der Waals surface area (Å²) in [5.41, 5.74) is 6.84. The van der Waals surface area contributed by atoms with E-state index in [-0.39, 0.29) is 22.2 Å². The Morgan fingerprint density at radius 1 is 1.12 bits per heavy atom. The van der Waals surface area contributed by atoms with Gasteiger partial charge in [-0.25, -0.2) is 13.4 Å². The number of nitrogens with two attached hydrogens (primary N) is 1. The second kappa shape index (κ2) is 8.60. The number of pyridine rings is 1. The van der Waals surface area contributed by atoms with Crippen LogP contribution in [0.15, 0.2) is 70.5 Å². The molecule has 0 saturated carbocycles. The third-order valence-electron chi connectivity index (χ3n) is 4.93. The minimum atomic E-state index is -3.55. The maximum Gasteiger partial charge on any atom is 0.264 e. The highest BCUT2D eigenvalue weighted by Crippen LogP contribution is 2.23. The third kappa shape index (κ3) is 4.30. The number of nitrogens with zero attached hydrogens (tertiary/aromatic N) is 3. The molecule has 32 heavy (non-hydrogen) atoms. The molecule has 2 aromatic heterocycles. The van der Waals surface area contributed by atoms with Crippen LogP contribution in [0.2, 0.25) is 5.02 Å². The highest BCUT2D eigenvalue weighted by atomic mass is 35.5. The van der Waals surface area contributed by atoms with Crippen LogP contribution in [-0.2, 0) is 16.3 Å². The zero-order chi connectivity index (χ0) is 22.9. The molecule has 4 rings (SSSR count). The molecule has 3 N–H and O–H groups in total. The Morgan fingerprint density at radius 2 is 1.88 bits per heavy atom. The molecule has 0 aliphatic carbocycles. The van der Waals surface area contributed by atoms with Crippen LogP contribution < -0.4 is 16.6 Å². The van der Waals surface area contributed by atoms with Gasteiger partial charge in [-0.15, -0.1) is 0 Å². The number of nitrogens with one attached hydrogen (secondary N) is 1. The van der Waals surface area contributed by atoms with Gasteiger partial charge in [-0.1, -0.05) is 41.9 Å². The summed E-state index contributed by atoms with van der Waals surface area (Å²) in [6.45, 7) is 0.303. The van der Waals surface area contributed by atoms with Gasteiger partial charge in [0, 0.05) is 30.6 Å². The van der Waals surface area contributed by atoms with E-state index in [1.807, 2.05) is 42.5 Å². The average molecular weight is 470 g/mol. The Morgan fingerprint density at radius 3 is 2.59 bits per heavy atom. The van der Waals surface area contributed by atoms with Crippen molar-refractivity contribution in [1.82, 2.24) is 14.5 Å². The van der Waals surface area contributed by atoms with Crippen molar-refractivity contribution in [3.63, 3.8) is 0 Å². The van der Waals surface area contributed by atoms with E-state index in [0.717, 1.165) is 17.3 Å². The zero-order valence-electron chi connectivity index (χ0n) is 17.1. The molecule has 0 spiro atoms. The van der Waals surface area contributed by atoms with E-state index in [1.165, 1.54) is 6.20 Å². The molecular weight excluding hydrogens is 450 g/mol. The Hall–Kier alpha value is -3.43. The number of halogens is 1. The molecule has 0 bridgehead atoms. The summed E-state index contributed by atoms with van der Waals surface area (Å²) < 4.78 is 25.7. The average Bonchev–Trinajstić information content (AvgIpc) is 2.73. The van der Waals surface area contributed by atoms with Crippen molar-refractivity contribution in [2.45, 2.75) is 11.3 Å². The molecule has 0 unspecified atom stereocenters. The zero-order valence-corrected chi connectivity index (χ0v) is 18.7. The van der Waals surface area contributed by atoms with Crippen LogP contribution in [0.3, 0.4) is 0 Å². The van der Waals surface area contributed by atoms with Crippen LogP contribution in [0, 0.1) is 0 Å². The Bertz CT molecular complexity index is 1470. The van der Waals surface area contributed by atoms with Crippen LogP contribution in [-0.4, -0.2) is 35.8 Å². The number of rotatable bonds is 6. The van der Waals surface area contributed by atoms with Crippen molar-refractivity contribution in [2.24, 2.45) is 0 Å². The highest BCUT2D eigenvalue weighted by molar-refractivity contribution is 7.90. The quantitative estimate of drug-likeness (QED) is 0.445. The number of nitrogen functional groups attached to an aromatic ring is 1. The summed E-state index contributed by atoms with van der Waals surface area (Å²) in [6.07, 6.45) is 2.66. The minimum Gasteiger partial charge on any atom is -0.368 e. The van der Waals surface area contributed by atoms with E-state index in [9.17, 15) is 13.2 Å². The third-order valence-corrected chi connectivity index (χ3v) is 6.35. The van der Waals surface area contributed by atoms with Gasteiger partial charge in [-0.05, 0) is 29.7 Å². The van der Waals surface area contributed by atoms with Gasteiger partial charge in [0.25, 0.3) is 5.56 Å². The number of anilines is 2. The van der Waals surface area contributed by atoms with Gasteiger partial charge in [0.2, 0.25) is 5.95 Å². The van der Waals surface area contributed by atoms with Gasteiger partial charge in [-0.3, -0.25) is 9.36 Å². The van der Waals surface area contributed by atoms with E-state index in [2.05, 4.69) is 15.3 Å². The molecule has 2 heterocycles. The number of sulfone groups is 1. The Kier molecular flexibility index (Phi) is 5.86. The monoisotopic (exact) mass is 469 g/mol. The molecule has 0 amide bonds. The fourth-order valence-corrected chi connectivity index (χ4v) is 4.48. The van der Waals surface area contributed by atoms with Gasteiger partial charge in [0.1, 0.15) is 4.90 Å². The van der Waals surface area contributed by atoms with Crippen molar-refractivity contribution in [3.8, 4) is 5.69 Å². The number of aromatic nitrogens is 3. The second-order valence-corrected chi connectivity index (χ2v) is 9.60. The Labute approximate surface area is 189 Å². The molecule has 0 fully saturated rings. The summed E-state index contributed by atoms with van der Waals surface area (Å²) in [5, 5.41) is 4.57. The number of fused-ring (bicyclic) bond motifs is 1. The van der Waals surface area contributed by atoms with Gasteiger partial charge in [0.15, 0.2) is 15.7 Å². The van der Waals surface area contributed by atoms with Crippen LogP contribution in [0.25, 0.3) is 16.5 Å². The first-order valence-corrected chi connectivity index (χ1v) is 12.0. The van der Waals surface area contributed by atoms with E-state index in [4.69, 9.17) is 17.3 Å². The Balaban J connectivity index is 1.75. The van der Waals surface area contributed by atoms with E-state index < -0.39 is 9.84 Å². The van der Waals surface area contributed by atoms with Crippen molar-refractivity contribution < 1.29 is 8.42 Å². The molecule has 0 aliphatic heterocycles. The molecule has 8 nitrogen and oxygen atoms in total. The number of hydrogen-bond acceptors (Lipinski definition) is 7. The molecular formula is C22H20ClN5O3S. The van der Waals surface area contributed by atoms with E-state index in [0.29, 0.717) is 29.1 Å². The molecule has 0 radical (unpaired) electrons. The fraction of sp³-hybridized carbons (Fsp3) is 0.136. The topological polar surface area (TPSA) is 120 Å². The van der Waals surface area contributed by atoms with Crippen LogP contribution >= 0.6 is 11.6 Å². The van der Waals surface area contributed by atoms with Crippen LogP contribution in [0.5, 0.6) is 0 Å². The predicted octanol–water partition coefficient (Wildman–Crippen LogP) is 3.07. The van der Waals surface area contributed by atoms with Crippen molar-refractivity contribution >= 4 is 44.0 Å². The number of benzene rings is 2. The van der Waals surface area contributed by atoms with Crippen LogP contribution in [0.1, 0.15) is 5.69 Å². The van der Waals surface area contributed by atoms with E-state index >= 15 is 0 Å². The maximum atomic E-state index is 13.4. The first kappa shape index (κ1) is 21.8. The summed E-state index contributed by atoms with van der Waals surface area (Å²) >= 11 is 6.32. The summed E-state index contributed by atoms with van der Waals surface area (Å²) in [7, 11) is -3.55. The normalized spacial score (nSPS) is 11.6. The van der Waals surface area contributed by atoms with Gasteiger partial charge in [-0.2, -0.15) is 4.98 Å². The molecule has 0 atom stereocenters. The first-order valence-electron chi connectivity index (χ1n) is 9.71. The van der Waals surface area contributed by atoms with Crippen molar-refractivity contribution in [2.75, 3.05) is 23.9 Å². The molecule has 0 aliphatic rings. The lowest BCUT2D eigenvalue weighted by Gasteiger charge is -2.16. The maximum absolute atomic E-state index is 13.4. The SMILES string of the molecule is CS(=O)(=O)c1cnc(N)nc1NCCc1cc2cccc(Cl)c2c(=O)n1-c1ccccc1. The molecule has 164 valence electrons. The fourth-order valence-electron chi connectivity index (χ4n) is 3.51.